The number of nitrogens with one attached hydrogen (secondary N) is 1. The van der Waals surface area contributed by atoms with Crippen molar-refractivity contribution in [2.45, 2.75) is 51.4 Å². The first-order valence-electron chi connectivity index (χ1n) is 7.41. The summed E-state index contributed by atoms with van der Waals surface area (Å²) >= 11 is 0. The Labute approximate surface area is 161 Å². The molecule has 1 amide bonds. The van der Waals surface area contributed by atoms with Gasteiger partial charge in [0.25, 0.3) is 0 Å². The van der Waals surface area contributed by atoms with E-state index in [1.54, 1.807) is 0 Å². The Balaban J connectivity index is -0.00000133. The van der Waals surface area contributed by atoms with E-state index in [-0.39, 0.29) is 52.6 Å². The van der Waals surface area contributed by atoms with Crippen LogP contribution in [0.1, 0.15) is 28.5 Å². The molecule has 0 spiro atoms. The van der Waals surface area contributed by atoms with Crippen molar-refractivity contribution in [3.63, 3.8) is 0 Å². The van der Waals surface area contributed by atoms with E-state index in [9.17, 15) is 9.59 Å². The molecular formula is C14H29CaNO4Si. The predicted molar refractivity (Wildman–Crippen MR) is 88.6 cm³/mol. The second kappa shape index (κ2) is 10.1. The molecule has 1 aliphatic carbocycles. The molecule has 0 aromatic rings. The summed E-state index contributed by atoms with van der Waals surface area (Å²) in [7, 11) is -1.16. The van der Waals surface area contributed by atoms with Crippen LogP contribution >= 0.6 is 0 Å². The van der Waals surface area contributed by atoms with Crippen LogP contribution in [0.4, 0.5) is 4.79 Å². The molecule has 0 aliphatic heterocycles. The van der Waals surface area contributed by atoms with Gasteiger partial charge in [-0.15, -0.1) is 0 Å². The van der Waals surface area contributed by atoms with Crippen LogP contribution in [0.15, 0.2) is 0 Å². The fraction of sp³-hybridized carbons (Fsp3) is 0.857. The number of aliphatic carboxylic acids is 1. The van der Waals surface area contributed by atoms with Gasteiger partial charge in [0.15, 0.2) is 0 Å². The molecule has 1 aliphatic rings. The maximum Gasteiger partial charge on any atom is 2.00 e. The van der Waals surface area contributed by atoms with Gasteiger partial charge in [-0.25, -0.2) is 4.79 Å². The average molecular weight is 344 g/mol. The van der Waals surface area contributed by atoms with Crippen LogP contribution in [0.25, 0.3) is 0 Å². The second-order valence-electron chi connectivity index (χ2n) is 6.88. The molecule has 2 N–H and O–H groups in total. The summed E-state index contributed by atoms with van der Waals surface area (Å²) in [5.41, 5.74) is 0. The van der Waals surface area contributed by atoms with Crippen molar-refractivity contribution < 1.29 is 22.3 Å². The summed E-state index contributed by atoms with van der Waals surface area (Å²) in [5.74, 6) is -0.507. The molecular weight excluding hydrogens is 314 g/mol. The average Bonchev–Trinajstić information content (AvgIpc) is 2.35. The molecule has 0 bridgehead atoms. The Bertz CT molecular complexity index is 348. The number of rotatable bonds is 6. The largest absolute Gasteiger partial charge is 2.00 e. The molecule has 5 nitrogen and oxygen atoms in total. The van der Waals surface area contributed by atoms with Gasteiger partial charge in [-0.05, 0) is 37.6 Å². The van der Waals surface area contributed by atoms with Gasteiger partial charge in [0.05, 0.1) is 12.5 Å². The van der Waals surface area contributed by atoms with E-state index >= 15 is 0 Å². The zero-order valence-electron chi connectivity index (χ0n) is 15.5. The summed E-state index contributed by atoms with van der Waals surface area (Å²) < 4.78 is 5.16. The quantitative estimate of drug-likeness (QED) is 0.727. The third-order valence-corrected chi connectivity index (χ3v) is 5.52. The number of alkyl carbamates (subject to hydrolysis) is 1. The zero-order chi connectivity index (χ0) is 15.2. The molecule has 0 aromatic heterocycles. The van der Waals surface area contributed by atoms with Crippen LogP contribution < -0.4 is 5.32 Å². The first kappa shape index (κ1) is 21.2. The normalized spacial score (nSPS) is 22.0. The van der Waals surface area contributed by atoms with E-state index < -0.39 is 14.0 Å². The van der Waals surface area contributed by atoms with Crippen molar-refractivity contribution in [3.05, 3.63) is 0 Å². The van der Waals surface area contributed by atoms with Gasteiger partial charge in [0.2, 0.25) is 0 Å². The van der Waals surface area contributed by atoms with Gasteiger partial charge in [-0.1, -0.05) is 19.6 Å². The van der Waals surface area contributed by atoms with Crippen molar-refractivity contribution in [3.8, 4) is 0 Å². The first-order valence-corrected chi connectivity index (χ1v) is 11.1. The molecule has 1 rings (SSSR count). The Morgan fingerprint density at radius 3 is 2.29 bits per heavy atom. The number of carbonyl (C=O) groups excluding carboxylic acids is 1. The summed E-state index contributed by atoms with van der Waals surface area (Å²) in [4.78, 5) is 22.4. The number of amides is 1. The molecule has 21 heavy (non-hydrogen) atoms. The van der Waals surface area contributed by atoms with Crippen LogP contribution in [0.2, 0.25) is 25.7 Å². The van der Waals surface area contributed by atoms with Crippen molar-refractivity contribution in [1.29, 1.82) is 0 Å². The Hall–Kier alpha value is 0.217. The van der Waals surface area contributed by atoms with E-state index in [0.717, 1.165) is 18.9 Å². The number of carboxylic acid groups (broad SMARTS) is 1. The van der Waals surface area contributed by atoms with E-state index in [1.807, 2.05) is 0 Å². The SMILES string of the molecule is C[Si](C)(C)CCOC(=O)NCC1CCC(C(=O)O)CC1.[Ca+2].[H-].[H-]. The fourth-order valence-corrected chi connectivity index (χ4v) is 3.06. The van der Waals surface area contributed by atoms with Crippen molar-refractivity contribution in [2.75, 3.05) is 13.2 Å². The van der Waals surface area contributed by atoms with E-state index in [0.29, 0.717) is 31.9 Å². The Morgan fingerprint density at radius 1 is 1.24 bits per heavy atom. The van der Waals surface area contributed by atoms with Gasteiger partial charge in [-0.2, -0.15) is 0 Å². The van der Waals surface area contributed by atoms with Crippen molar-refractivity contribution >= 4 is 57.9 Å². The van der Waals surface area contributed by atoms with Crippen LogP contribution in [-0.2, 0) is 9.53 Å². The molecule has 1 saturated carbocycles. The minimum Gasteiger partial charge on any atom is -1.00 e. The van der Waals surface area contributed by atoms with Crippen LogP contribution in [-0.4, -0.2) is 76.1 Å². The molecule has 120 valence electrons. The molecule has 0 unspecified atom stereocenters. The van der Waals surface area contributed by atoms with Gasteiger partial charge < -0.3 is 18.0 Å². The monoisotopic (exact) mass is 343 g/mol. The number of hydrogen-bond acceptors (Lipinski definition) is 3. The summed E-state index contributed by atoms with van der Waals surface area (Å²) in [6, 6.07) is 0.976. The number of carboxylic acids is 1. The van der Waals surface area contributed by atoms with Crippen LogP contribution in [0.5, 0.6) is 0 Å². The summed E-state index contributed by atoms with van der Waals surface area (Å²) in [5, 5.41) is 11.7. The van der Waals surface area contributed by atoms with Gasteiger partial charge in [-0.3, -0.25) is 4.79 Å². The van der Waals surface area contributed by atoms with Crippen molar-refractivity contribution in [2.24, 2.45) is 11.8 Å². The van der Waals surface area contributed by atoms with E-state index in [1.165, 1.54) is 0 Å². The molecule has 0 radical (unpaired) electrons. The van der Waals surface area contributed by atoms with Gasteiger partial charge in [0, 0.05) is 14.6 Å². The maximum atomic E-state index is 11.5. The smallest absolute Gasteiger partial charge is 1.00 e. The number of ether oxygens (including phenoxy) is 1. The number of carbonyl (C=O) groups is 2. The topological polar surface area (TPSA) is 75.6 Å². The van der Waals surface area contributed by atoms with Gasteiger partial charge >= 0.3 is 49.8 Å². The third kappa shape index (κ3) is 9.76. The van der Waals surface area contributed by atoms with Crippen molar-refractivity contribution in [1.82, 2.24) is 5.32 Å². The number of hydrogen-bond donors (Lipinski definition) is 2. The van der Waals surface area contributed by atoms with Crippen LogP contribution in [0.3, 0.4) is 0 Å². The van der Waals surface area contributed by atoms with E-state index in [2.05, 4.69) is 25.0 Å². The maximum absolute atomic E-state index is 11.5. The molecule has 0 heterocycles. The standard InChI is InChI=1S/C14H27NO4Si.Ca.2H/c1-20(2,3)9-8-19-14(18)15-10-11-4-6-12(7-5-11)13(16)17;;;/h11-12H,4-10H2,1-3H3,(H,15,18)(H,16,17);;;/q;+2;2*-1. The fourth-order valence-electron chi connectivity index (χ4n) is 2.34. The Morgan fingerprint density at radius 2 is 1.81 bits per heavy atom. The molecule has 1 fully saturated rings. The minimum atomic E-state index is -1.16. The molecule has 0 aromatic carbocycles. The molecule has 7 heteroatoms. The third-order valence-electron chi connectivity index (χ3n) is 3.82. The first-order chi connectivity index (χ1) is 9.28. The van der Waals surface area contributed by atoms with Gasteiger partial charge in [0.1, 0.15) is 0 Å². The Kier molecular flexibility index (Phi) is 10.2. The summed E-state index contributed by atoms with van der Waals surface area (Å²) in [6.07, 6.45) is 2.82. The van der Waals surface area contributed by atoms with Crippen LogP contribution in [0, 0.1) is 11.8 Å². The second-order valence-corrected chi connectivity index (χ2v) is 12.5. The minimum absolute atomic E-state index is 0. The molecule has 0 atom stereocenters. The zero-order valence-corrected chi connectivity index (χ0v) is 16.7. The van der Waals surface area contributed by atoms with E-state index in [4.69, 9.17) is 9.84 Å². The molecule has 0 saturated heterocycles. The summed E-state index contributed by atoms with van der Waals surface area (Å²) in [6.45, 7) is 7.82. The predicted octanol–water partition coefficient (Wildman–Crippen LogP) is 2.79.